The van der Waals surface area contributed by atoms with Crippen molar-refractivity contribution in [2.75, 3.05) is 25.1 Å². The molecule has 0 spiro atoms. The third-order valence-electron chi connectivity index (χ3n) is 7.68. The fraction of sp³-hybridized carbons (Fsp3) is 0.375. The minimum Gasteiger partial charge on any atom is -0.497 e. The van der Waals surface area contributed by atoms with Gasteiger partial charge in [0.05, 0.1) is 24.8 Å². The maximum absolute atomic E-state index is 14.2. The van der Waals surface area contributed by atoms with Gasteiger partial charge in [0.15, 0.2) is 0 Å². The molecule has 1 aliphatic carbocycles. The summed E-state index contributed by atoms with van der Waals surface area (Å²) in [5.74, 6) is -0.280. The fourth-order valence-corrected chi connectivity index (χ4v) is 6.82. The molecule has 3 aromatic rings. The minimum absolute atomic E-state index is 0.00610. The van der Waals surface area contributed by atoms with Gasteiger partial charge < -0.3 is 19.7 Å². The first-order valence-corrected chi connectivity index (χ1v) is 16.1. The first-order valence-electron chi connectivity index (χ1n) is 14.3. The highest BCUT2D eigenvalue weighted by Crippen LogP contribution is 2.36. The second-order valence-corrected chi connectivity index (χ2v) is 12.8. The molecule has 1 saturated carbocycles. The number of anilines is 1. The number of methoxy groups -OCH3 is 2. The van der Waals surface area contributed by atoms with Crippen molar-refractivity contribution in [2.24, 2.45) is 0 Å². The monoisotopic (exact) mass is 627 g/mol. The quantitative estimate of drug-likeness (QED) is 0.288. The van der Waals surface area contributed by atoms with E-state index in [2.05, 4.69) is 5.32 Å². The zero-order chi connectivity index (χ0) is 31.0. The van der Waals surface area contributed by atoms with Crippen LogP contribution in [0.15, 0.2) is 77.7 Å². The predicted octanol–water partition coefficient (Wildman–Crippen LogP) is 5.42. The summed E-state index contributed by atoms with van der Waals surface area (Å²) in [5.41, 5.74) is 0.752. The number of nitrogens with one attached hydrogen (secondary N) is 1. The molecular formula is C32H38ClN3O6S. The van der Waals surface area contributed by atoms with Crippen molar-refractivity contribution >= 4 is 39.1 Å². The van der Waals surface area contributed by atoms with Crippen LogP contribution in [-0.2, 0) is 26.2 Å². The maximum atomic E-state index is 14.2. The molecule has 2 amide bonds. The second-order valence-electron chi connectivity index (χ2n) is 10.5. The lowest BCUT2D eigenvalue weighted by molar-refractivity contribution is -0.139. The molecule has 1 atom stereocenters. The third kappa shape index (κ3) is 7.80. The number of sulfonamides is 1. The standard InChI is InChI=1S/C32H38ClN3O6S/c1-23(32(38)34-25-13-6-4-7-14-25)35(21-24-12-10-11-17-28(24)33)31(37)22-36(43(39,40)27-15-8-5-9-16-27)29-20-26(41-2)18-19-30(29)42-3/h5,8-12,15-20,23,25H,4,6-7,13-14,21-22H2,1-3H3,(H,34,38). The number of ether oxygens (including phenoxy) is 2. The largest absolute Gasteiger partial charge is 0.497 e. The predicted molar refractivity (Wildman–Crippen MR) is 167 cm³/mol. The lowest BCUT2D eigenvalue weighted by Gasteiger charge is -2.33. The Hall–Kier alpha value is -3.76. The van der Waals surface area contributed by atoms with Gasteiger partial charge >= 0.3 is 0 Å². The van der Waals surface area contributed by atoms with Crippen LogP contribution in [0.3, 0.4) is 0 Å². The number of hydrogen-bond donors (Lipinski definition) is 1. The third-order valence-corrected chi connectivity index (χ3v) is 9.82. The van der Waals surface area contributed by atoms with Gasteiger partial charge in [-0.25, -0.2) is 8.42 Å². The van der Waals surface area contributed by atoms with Crippen molar-refractivity contribution in [3.8, 4) is 11.5 Å². The Morgan fingerprint density at radius 1 is 0.953 bits per heavy atom. The minimum atomic E-state index is -4.27. The van der Waals surface area contributed by atoms with E-state index in [-0.39, 0.29) is 34.8 Å². The Labute approximate surface area is 258 Å². The average Bonchev–Trinajstić information content (AvgIpc) is 3.03. The van der Waals surface area contributed by atoms with E-state index in [0.29, 0.717) is 16.3 Å². The van der Waals surface area contributed by atoms with Crippen LogP contribution in [0, 0.1) is 0 Å². The Bertz CT molecular complexity index is 1510. The normalized spacial score (nSPS) is 14.4. The van der Waals surface area contributed by atoms with E-state index in [4.69, 9.17) is 21.1 Å². The molecule has 11 heteroatoms. The lowest BCUT2D eigenvalue weighted by atomic mass is 9.95. The number of amides is 2. The van der Waals surface area contributed by atoms with Crippen molar-refractivity contribution in [1.29, 1.82) is 0 Å². The molecule has 0 saturated heterocycles. The van der Waals surface area contributed by atoms with Gasteiger partial charge in [-0.05, 0) is 55.7 Å². The number of nitrogens with zero attached hydrogens (tertiary/aromatic N) is 2. The van der Waals surface area contributed by atoms with Crippen LogP contribution in [-0.4, -0.2) is 58.0 Å². The Kier molecular flexibility index (Phi) is 10.9. The van der Waals surface area contributed by atoms with E-state index in [1.54, 1.807) is 61.5 Å². The molecule has 230 valence electrons. The molecule has 1 N–H and O–H groups in total. The zero-order valence-electron chi connectivity index (χ0n) is 24.7. The van der Waals surface area contributed by atoms with Crippen LogP contribution in [0.25, 0.3) is 0 Å². The molecule has 0 bridgehead atoms. The highest BCUT2D eigenvalue weighted by atomic mass is 35.5. The SMILES string of the molecule is COc1ccc(OC)c(N(CC(=O)N(Cc2ccccc2Cl)C(C)C(=O)NC2CCCCC2)S(=O)(=O)c2ccccc2)c1. The lowest BCUT2D eigenvalue weighted by Crippen LogP contribution is -2.53. The summed E-state index contributed by atoms with van der Waals surface area (Å²) in [6.45, 7) is 1.05. The molecule has 1 aliphatic rings. The van der Waals surface area contributed by atoms with Gasteiger partial charge in [-0.2, -0.15) is 0 Å². The van der Waals surface area contributed by atoms with Crippen molar-refractivity contribution in [1.82, 2.24) is 10.2 Å². The number of hydrogen-bond acceptors (Lipinski definition) is 6. The summed E-state index contributed by atoms with van der Waals surface area (Å²) in [7, 11) is -1.38. The molecule has 1 unspecified atom stereocenters. The molecule has 3 aromatic carbocycles. The smallest absolute Gasteiger partial charge is 0.264 e. The van der Waals surface area contributed by atoms with Crippen LogP contribution >= 0.6 is 11.6 Å². The summed E-state index contributed by atoms with van der Waals surface area (Å²) >= 11 is 6.46. The van der Waals surface area contributed by atoms with Crippen LogP contribution in [0.2, 0.25) is 5.02 Å². The van der Waals surface area contributed by atoms with Crippen LogP contribution < -0.4 is 19.1 Å². The summed E-state index contributed by atoms with van der Waals surface area (Å²) in [4.78, 5) is 29.1. The van der Waals surface area contributed by atoms with Gasteiger partial charge in [0.2, 0.25) is 11.8 Å². The van der Waals surface area contributed by atoms with Gasteiger partial charge in [0, 0.05) is 23.7 Å². The van der Waals surface area contributed by atoms with E-state index in [0.717, 1.165) is 36.4 Å². The number of carbonyl (C=O) groups is 2. The Balaban J connectivity index is 1.74. The van der Waals surface area contributed by atoms with E-state index in [9.17, 15) is 18.0 Å². The molecule has 4 rings (SSSR count). The van der Waals surface area contributed by atoms with Gasteiger partial charge in [0.1, 0.15) is 24.1 Å². The van der Waals surface area contributed by atoms with Gasteiger partial charge in [-0.1, -0.05) is 67.3 Å². The fourth-order valence-electron chi connectivity index (χ4n) is 5.19. The van der Waals surface area contributed by atoms with E-state index in [1.165, 1.54) is 37.3 Å². The number of benzene rings is 3. The number of halogens is 1. The maximum Gasteiger partial charge on any atom is 0.264 e. The molecule has 43 heavy (non-hydrogen) atoms. The molecule has 0 aliphatic heterocycles. The molecule has 1 fully saturated rings. The van der Waals surface area contributed by atoms with Crippen molar-refractivity contribution in [2.45, 2.75) is 62.6 Å². The first-order chi connectivity index (χ1) is 20.6. The highest BCUT2D eigenvalue weighted by Gasteiger charge is 2.34. The average molecular weight is 628 g/mol. The topological polar surface area (TPSA) is 105 Å². The summed E-state index contributed by atoms with van der Waals surface area (Å²) in [6.07, 6.45) is 4.98. The highest BCUT2D eigenvalue weighted by molar-refractivity contribution is 7.92. The van der Waals surface area contributed by atoms with E-state index < -0.39 is 28.5 Å². The van der Waals surface area contributed by atoms with Crippen LogP contribution in [0.5, 0.6) is 11.5 Å². The molecule has 0 heterocycles. The summed E-state index contributed by atoms with van der Waals surface area (Å²) < 4.78 is 40.1. The molecule has 9 nitrogen and oxygen atoms in total. The Morgan fingerprint density at radius 3 is 2.28 bits per heavy atom. The van der Waals surface area contributed by atoms with Gasteiger partial charge in [0.25, 0.3) is 10.0 Å². The summed E-state index contributed by atoms with van der Waals surface area (Å²) in [6, 6.07) is 18.8. The van der Waals surface area contributed by atoms with Crippen molar-refractivity contribution in [3.63, 3.8) is 0 Å². The molecular weight excluding hydrogens is 590 g/mol. The molecule has 0 aromatic heterocycles. The van der Waals surface area contributed by atoms with Crippen LogP contribution in [0.1, 0.15) is 44.6 Å². The number of rotatable bonds is 12. The van der Waals surface area contributed by atoms with E-state index in [1.807, 2.05) is 0 Å². The van der Waals surface area contributed by atoms with Crippen LogP contribution in [0.4, 0.5) is 5.69 Å². The Morgan fingerprint density at radius 2 is 1.63 bits per heavy atom. The van der Waals surface area contributed by atoms with Crippen molar-refractivity contribution in [3.05, 3.63) is 83.4 Å². The van der Waals surface area contributed by atoms with Gasteiger partial charge in [-0.15, -0.1) is 0 Å². The molecule has 0 radical (unpaired) electrons. The van der Waals surface area contributed by atoms with E-state index >= 15 is 0 Å². The van der Waals surface area contributed by atoms with Gasteiger partial charge in [-0.3, -0.25) is 13.9 Å². The number of carbonyl (C=O) groups excluding carboxylic acids is 2. The van der Waals surface area contributed by atoms with Crippen molar-refractivity contribution < 1.29 is 27.5 Å². The summed E-state index contributed by atoms with van der Waals surface area (Å²) in [5, 5.41) is 3.53. The first kappa shape index (κ1) is 32.2. The zero-order valence-corrected chi connectivity index (χ0v) is 26.2. The second kappa shape index (κ2) is 14.6.